The smallest absolute Gasteiger partial charge is 0.120 e. The molecule has 1 aromatic carbocycles. The second-order valence-corrected chi connectivity index (χ2v) is 4.26. The van der Waals surface area contributed by atoms with Crippen molar-refractivity contribution in [3.8, 4) is 5.75 Å². The van der Waals surface area contributed by atoms with Crippen LogP contribution in [-0.2, 0) is 6.54 Å². The van der Waals surface area contributed by atoms with E-state index in [1.54, 1.807) is 18.2 Å². The van der Waals surface area contributed by atoms with Crippen molar-refractivity contribution < 1.29 is 4.74 Å². The minimum Gasteiger partial charge on any atom is -0.489 e. The zero-order chi connectivity index (χ0) is 12.0. The highest BCUT2D eigenvalue weighted by Gasteiger charge is 2.02. The van der Waals surface area contributed by atoms with Crippen molar-refractivity contribution in [3.05, 3.63) is 44.3 Å². The first-order valence-electron chi connectivity index (χ1n) is 4.35. The highest BCUT2D eigenvalue weighted by molar-refractivity contribution is 6.55. The standard InChI is InChI=1S/C10H8Cl3NO2/c11-9-2-1-8(5-7(9)6-14-15)16-4-3-10(12)13/h1-3,5H,4,6H2. The van der Waals surface area contributed by atoms with Gasteiger partial charge in [0.05, 0.1) is 0 Å². The molecule has 0 unspecified atom stereocenters. The van der Waals surface area contributed by atoms with E-state index in [2.05, 4.69) is 5.18 Å². The lowest BCUT2D eigenvalue weighted by atomic mass is 10.2. The summed E-state index contributed by atoms with van der Waals surface area (Å²) in [4.78, 5) is 10.1. The number of ether oxygens (including phenoxy) is 1. The number of benzene rings is 1. The van der Waals surface area contributed by atoms with Gasteiger partial charge < -0.3 is 4.74 Å². The number of nitrogens with zero attached hydrogens (tertiary/aromatic N) is 1. The molecule has 6 heteroatoms. The maximum Gasteiger partial charge on any atom is 0.120 e. The molecule has 0 spiro atoms. The van der Waals surface area contributed by atoms with Crippen LogP contribution in [0.5, 0.6) is 5.75 Å². The van der Waals surface area contributed by atoms with Gasteiger partial charge in [-0.15, -0.1) is 0 Å². The average molecular weight is 281 g/mol. The molecule has 0 saturated heterocycles. The Morgan fingerprint density at radius 2 is 2.19 bits per heavy atom. The van der Waals surface area contributed by atoms with Crippen LogP contribution in [0.3, 0.4) is 0 Å². The first kappa shape index (κ1) is 13.3. The van der Waals surface area contributed by atoms with Gasteiger partial charge in [0.25, 0.3) is 0 Å². The van der Waals surface area contributed by atoms with Gasteiger partial charge in [-0.05, 0) is 29.8 Å². The molecule has 0 radical (unpaired) electrons. The van der Waals surface area contributed by atoms with Crippen LogP contribution in [0.15, 0.2) is 33.9 Å². The minimum absolute atomic E-state index is 0.0160. The molecular formula is C10H8Cl3NO2. The molecule has 0 aromatic heterocycles. The molecule has 0 aliphatic carbocycles. The van der Waals surface area contributed by atoms with Crippen molar-refractivity contribution in [1.29, 1.82) is 0 Å². The molecule has 0 aliphatic rings. The first-order valence-corrected chi connectivity index (χ1v) is 5.48. The molecule has 1 rings (SSSR count). The molecule has 0 fully saturated rings. The van der Waals surface area contributed by atoms with Crippen LogP contribution in [0.4, 0.5) is 0 Å². The zero-order valence-electron chi connectivity index (χ0n) is 8.12. The Morgan fingerprint density at radius 3 is 2.81 bits per heavy atom. The van der Waals surface area contributed by atoms with E-state index in [1.165, 1.54) is 6.08 Å². The zero-order valence-corrected chi connectivity index (χ0v) is 10.4. The van der Waals surface area contributed by atoms with E-state index >= 15 is 0 Å². The van der Waals surface area contributed by atoms with Gasteiger partial charge in [0.1, 0.15) is 23.4 Å². The fourth-order valence-corrected chi connectivity index (χ4v) is 1.34. The summed E-state index contributed by atoms with van der Waals surface area (Å²) < 4.78 is 5.45. The molecule has 3 nitrogen and oxygen atoms in total. The molecule has 86 valence electrons. The third-order valence-electron chi connectivity index (χ3n) is 1.74. The second-order valence-electron chi connectivity index (χ2n) is 2.85. The Labute approximate surface area is 108 Å². The van der Waals surface area contributed by atoms with Gasteiger partial charge in [-0.3, -0.25) is 0 Å². The van der Waals surface area contributed by atoms with Crippen LogP contribution >= 0.6 is 34.8 Å². The normalized spacial score (nSPS) is 9.69. The predicted molar refractivity (Wildman–Crippen MR) is 66.2 cm³/mol. The van der Waals surface area contributed by atoms with E-state index in [0.717, 1.165) is 0 Å². The molecule has 0 heterocycles. The van der Waals surface area contributed by atoms with E-state index in [4.69, 9.17) is 39.5 Å². The number of nitroso groups, excluding NO2 is 1. The van der Waals surface area contributed by atoms with E-state index < -0.39 is 0 Å². The van der Waals surface area contributed by atoms with Crippen LogP contribution in [0.1, 0.15) is 5.56 Å². The van der Waals surface area contributed by atoms with Crippen molar-refractivity contribution in [1.82, 2.24) is 0 Å². The van der Waals surface area contributed by atoms with Crippen LogP contribution in [0.2, 0.25) is 5.02 Å². The maximum absolute atomic E-state index is 10.1. The van der Waals surface area contributed by atoms with Gasteiger partial charge in [-0.2, -0.15) is 4.91 Å². The summed E-state index contributed by atoms with van der Waals surface area (Å²) in [7, 11) is 0. The monoisotopic (exact) mass is 279 g/mol. The fraction of sp³-hybridized carbons (Fsp3) is 0.200. The van der Waals surface area contributed by atoms with Gasteiger partial charge >= 0.3 is 0 Å². The van der Waals surface area contributed by atoms with E-state index in [9.17, 15) is 4.91 Å². The molecule has 0 amide bonds. The summed E-state index contributed by atoms with van der Waals surface area (Å²) in [5.41, 5.74) is 0.620. The van der Waals surface area contributed by atoms with E-state index in [1.807, 2.05) is 0 Å². The Kier molecular flexibility index (Phi) is 5.60. The van der Waals surface area contributed by atoms with Crippen LogP contribution in [0, 0.1) is 4.91 Å². The number of hydrogen-bond acceptors (Lipinski definition) is 3. The van der Waals surface area contributed by atoms with Crippen LogP contribution in [-0.4, -0.2) is 6.61 Å². The third-order valence-corrected chi connectivity index (χ3v) is 2.42. The topological polar surface area (TPSA) is 38.7 Å². The molecular weight excluding hydrogens is 272 g/mol. The minimum atomic E-state index is 0.0160. The average Bonchev–Trinajstić information content (AvgIpc) is 2.22. The number of rotatable bonds is 5. The fourth-order valence-electron chi connectivity index (χ4n) is 1.03. The molecule has 0 aliphatic heterocycles. The quantitative estimate of drug-likeness (QED) is 0.754. The molecule has 0 atom stereocenters. The summed E-state index contributed by atoms with van der Waals surface area (Å²) in [6.45, 7) is 0.264. The van der Waals surface area contributed by atoms with Crippen molar-refractivity contribution in [3.63, 3.8) is 0 Å². The highest BCUT2D eigenvalue weighted by Crippen LogP contribution is 2.23. The summed E-state index contributed by atoms with van der Waals surface area (Å²) >= 11 is 16.7. The lowest BCUT2D eigenvalue weighted by molar-refractivity contribution is 0.362. The lowest BCUT2D eigenvalue weighted by Gasteiger charge is -2.05. The Morgan fingerprint density at radius 1 is 1.44 bits per heavy atom. The van der Waals surface area contributed by atoms with Gasteiger partial charge in [-0.25, -0.2) is 0 Å². The summed E-state index contributed by atoms with van der Waals surface area (Å²) in [6, 6.07) is 4.98. The maximum atomic E-state index is 10.1. The third kappa shape index (κ3) is 4.39. The highest BCUT2D eigenvalue weighted by atomic mass is 35.5. The van der Waals surface area contributed by atoms with Crippen LogP contribution in [0.25, 0.3) is 0 Å². The van der Waals surface area contributed by atoms with E-state index in [-0.39, 0.29) is 17.6 Å². The molecule has 0 N–H and O–H groups in total. The molecule has 0 bridgehead atoms. The van der Waals surface area contributed by atoms with Gasteiger partial charge in [0.2, 0.25) is 0 Å². The van der Waals surface area contributed by atoms with E-state index in [0.29, 0.717) is 16.3 Å². The number of hydrogen-bond donors (Lipinski definition) is 0. The van der Waals surface area contributed by atoms with Crippen molar-refractivity contribution >= 4 is 34.8 Å². The first-order chi connectivity index (χ1) is 7.63. The molecule has 1 aromatic rings. The predicted octanol–water partition coefficient (Wildman–Crippen LogP) is 4.30. The summed E-state index contributed by atoms with van der Waals surface area (Å²) in [5, 5.41) is 3.26. The molecule has 0 saturated carbocycles. The van der Waals surface area contributed by atoms with Crippen molar-refractivity contribution in [2.75, 3.05) is 6.61 Å². The Balaban J connectivity index is 2.70. The molecule has 16 heavy (non-hydrogen) atoms. The summed E-state index contributed by atoms with van der Waals surface area (Å²) in [5.74, 6) is 0.578. The number of halogens is 3. The van der Waals surface area contributed by atoms with Gasteiger partial charge in [0, 0.05) is 5.02 Å². The SMILES string of the molecule is O=NCc1cc(OCC=C(Cl)Cl)ccc1Cl. The van der Waals surface area contributed by atoms with Crippen molar-refractivity contribution in [2.45, 2.75) is 6.54 Å². The van der Waals surface area contributed by atoms with Gasteiger partial charge in [-0.1, -0.05) is 40.0 Å². The van der Waals surface area contributed by atoms with Crippen LogP contribution < -0.4 is 4.74 Å². The summed E-state index contributed by atoms with van der Waals surface area (Å²) in [6.07, 6.45) is 1.51. The lowest BCUT2D eigenvalue weighted by Crippen LogP contribution is -1.94. The van der Waals surface area contributed by atoms with Gasteiger partial charge in [0.15, 0.2) is 0 Å². The Hall–Kier alpha value is -0.770. The second kappa shape index (κ2) is 6.74. The largest absolute Gasteiger partial charge is 0.489 e. The van der Waals surface area contributed by atoms with Crippen molar-refractivity contribution in [2.24, 2.45) is 5.18 Å². The Bertz CT molecular complexity index is 403.